The number of benzene rings is 2. The maximum Gasteiger partial charge on any atom is 0.261 e. The molecule has 6 heteroatoms. The predicted molar refractivity (Wildman–Crippen MR) is 115 cm³/mol. The topological polar surface area (TPSA) is 45.0 Å². The minimum atomic E-state index is -0.436. The summed E-state index contributed by atoms with van der Waals surface area (Å²) in [6.45, 7) is 4.76. The van der Waals surface area contributed by atoms with Crippen LogP contribution in [-0.4, -0.2) is 30.1 Å². The van der Waals surface area contributed by atoms with Crippen molar-refractivity contribution in [3.05, 3.63) is 59.9 Å². The molecule has 0 radical (unpaired) electrons. The molecule has 0 aromatic heterocycles. The molecule has 1 atom stereocenters. The highest BCUT2D eigenvalue weighted by atomic mass is 32.2. The lowest BCUT2D eigenvalue weighted by Gasteiger charge is -2.12. The van der Waals surface area contributed by atoms with Gasteiger partial charge in [-0.3, -0.25) is 9.79 Å². The van der Waals surface area contributed by atoms with E-state index in [9.17, 15) is 9.18 Å². The third-order valence-electron chi connectivity index (χ3n) is 4.40. The van der Waals surface area contributed by atoms with E-state index in [0.717, 1.165) is 24.3 Å². The molecule has 0 fully saturated rings. The van der Waals surface area contributed by atoms with Gasteiger partial charge in [-0.15, -0.1) is 11.8 Å². The first-order chi connectivity index (χ1) is 13.6. The summed E-state index contributed by atoms with van der Waals surface area (Å²) in [6, 6.07) is 14.2. The second-order valence-electron chi connectivity index (χ2n) is 6.66. The SMILES string of the molecule is CCCC1=NN(c2ccc(F)cc2)C(=O)[C@H]1C=NCCSc1ccc(C)cc1. The summed E-state index contributed by atoms with van der Waals surface area (Å²) in [6.07, 6.45) is 3.35. The molecule has 1 amide bonds. The number of aliphatic imine (C=N–C) groups is 1. The Bertz CT molecular complexity index is 862. The van der Waals surface area contributed by atoms with E-state index in [1.54, 1.807) is 30.1 Å². The van der Waals surface area contributed by atoms with Crippen molar-refractivity contribution in [2.24, 2.45) is 16.0 Å². The van der Waals surface area contributed by atoms with Gasteiger partial charge in [0.1, 0.15) is 11.7 Å². The zero-order valence-corrected chi connectivity index (χ0v) is 17.0. The molecule has 2 aromatic carbocycles. The zero-order chi connectivity index (χ0) is 19.9. The van der Waals surface area contributed by atoms with Crippen molar-refractivity contribution in [2.45, 2.75) is 31.6 Å². The summed E-state index contributed by atoms with van der Waals surface area (Å²) >= 11 is 1.75. The molecule has 28 heavy (non-hydrogen) atoms. The molecule has 1 aliphatic heterocycles. The van der Waals surface area contributed by atoms with Crippen LogP contribution in [0.5, 0.6) is 0 Å². The Morgan fingerprint density at radius 2 is 1.89 bits per heavy atom. The first-order valence-electron chi connectivity index (χ1n) is 9.45. The summed E-state index contributed by atoms with van der Waals surface area (Å²) in [5.74, 6) is -0.0562. The van der Waals surface area contributed by atoms with Crippen LogP contribution in [0.3, 0.4) is 0 Å². The van der Waals surface area contributed by atoms with Crippen LogP contribution < -0.4 is 5.01 Å². The van der Waals surface area contributed by atoms with Gasteiger partial charge in [0.25, 0.3) is 5.91 Å². The molecule has 0 saturated heterocycles. The standard InChI is InChI=1S/C22H24FN3OS/c1-3-4-21-20(15-24-13-14-28-19-11-5-16(2)6-12-19)22(27)26(25-21)18-9-7-17(23)8-10-18/h5-12,15,20H,3-4,13-14H2,1-2H3/t20-/m0/s1. The molecule has 4 nitrogen and oxygen atoms in total. The van der Waals surface area contributed by atoms with E-state index in [0.29, 0.717) is 12.2 Å². The van der Waals surface area contributed by atoms with Gasteiger partial charge in [0.2, 0.25) is 0 Å². The monoisotopic (exact) mass is 397 g/mol. The second-order valence-corrected chi connectivity index (χ2v) is 7.83. The number of rotatable bonds is 8. The fourth-order valence-corrected chi connectivity index (χ4v) is 3.68. The number of hydrazone groups is 1. The molecule has 0 N–H and O–H groups in total. The summed E-state index contributed by atoms with van der Waals surface area (Å²) in [7, 11) is 0. The van der Waals surface area contributed by atoms with E-state index in [1.807, 2.05) is 0 Å². The van der Waals surface area contributed by atoms with E-state index in [-0.39, 0.29) is 11.7 Å². The molecule has 3 rings (SSSR count). The lowest BCUT2D eigenvalue weighted by atomic mass is 10.0. The molecular weight excluding hydrogens is 373 g/mol. The van der Waals surface area contributed by atoms with Crippen molar-refractivity contribution in [2.75, 3.05) is 17.3 Å². The van der Waals surface area contributed by atoms with Crippen LogP contribution in [-0.2, 0) is 4.79 Å². The van der Waals surface area contributed by atoms with Gasteiger partial charge in [-0.2, -0.15) is 10.1 Å². The number of carbonyl (C=O) groups excluding carboxylic acids is 1. The number of aryl methyl sites for hydroxylation is 1. The third-order valence-corrected chi connectivity index (χ3v) is 5.40. The number of carbonyl (C=O) groups is 1. The van der Waals surface area contributed by atoms with Gasteiger partial charge in [-0.05, 0) is 49.7 Å². The van der Waals surface area contributed by atoms with Gasteiger partial charge in [-0.25, -0.2) is 4.39 Å². The molecule has 0 saturated carbocycles. The number of hydrogen-bond donors (Lipinski definition) is 0. The number of hydrogen-bond acceptors (Lipinski definition) is 4. The second kappa shape index (κ2) is 9.64. The van der Waals surface area contributed by atoms with Crippen LogP contribution in [0.4, 0.5) is 10.1 Å². The van der Waals surface area contributed by atoms with Crippen LogP contribution in [0.25, 0.3) is 0 Å². The molecule has 2 aromatic rings. The zero-order valence-electron chi connectivity index (χ0n) is 16.1. The Morgan fingerprint density at radius 1 is 1.18 bits per heavy atom. The van der Waals surface area contributed by atoms with Gasteiger partial charge in [-0.1, -0.05) is 31.0 Å². The van der Waals surface area contributed by atoms with Crippen LogP contribution in [0.1, 0.15) is 25.3 Å². The molecule has 1 heterocycles. The van der Waals surface area contributed by atoms with E-state index >= 15 is 0 Å². The maximum absolute atomic E-state index is 13.2. The lowest BCUT2D eigenvalue weighted by molar-refractivity contribution is -0.118. The fraction of sp³-hybridized carbons (Fsp3) is 0.318. The van der Waals surface area contributed by atoms with Crippen molar-refractivity contribution in [1.29, 1.82) is 0 Å². The van der Waals surface area contributed by atoms with Gasteiger partial charge >= 0.3 is 0 Å². The van der Waals surface area contributed by atoms with Crippen LogP contribution in [0, 0.1) is 18.7 Å². The molecule has 1 aliphatic rings. The highest BCUT2D eigenvalue weighted by molar-refractivity contribution is 7.99. The van der Waals surface area contributed by atoms with E-state index in [2.05, 4.69) is 48.2 Å². The van der Waals surface area contributed by atoms with Crippen LogP contribution in [0.2, 0.25) is 0 Å². The number of thioether (sulfide) groups is 1. The van der Waals surface area contributed by atoms with Crippen LogP contribution in [0.15, 0.2) is 63.5 Å². The minimum absolute atomic E-state index is 0.134. The van der Waals surface area contributed by atoms with Gasteiger partial charge in [0, 0.05) is 23.4 Å². The number of amides is 1. The molecule has 0 aliphatic carbocycles. The summed E-state index contributed by atoms with van der Waals surface area (Å²) in [5, 5.41) is 5.84. The van der Waals surface area contributed by atoms with Crippen molar-refractivity contribution in [3.8, 4) is 0 Å². The van der Waals surface area contributed by atoms with E-state index < -0.39 is 5.92 Å². The first-order valence-corrected chi connectivity index (χ1v) is 10.4. The normalized spacial score (nSPS) is 16.8. The predicted octanol–water partition coefficient (Wildman–Crippen LogP) is 5.12. The number of anilines is 1. The number of halogens is 1. The Balaban J connectivity index is 1.60. The van der Waals surface area contributed by atoms with Crippen molar-refractivity contribution >= 4 is 35.3 Å². The highest BCUT2D eigenvalue weighted by Gasteiger charge is 2.34. The summed E-state index contributed by atoms with van der Waals surface area (Å²) < 4.78 is 13.2. The Hall–Kier alpha value is -2.47. The Labute approximate surface area is 169 Å². The maximum atomic E-state index is 13.2. The summed E-state index contributed by atoms with van der Waals surface area (Å²) in [4.78, 5) is 18.5. The Kier molecular flexibility index (Phi) is 6.98. The third kappa shape index (κ3) is 5.07. The van der Waals surface area contributed by atoms with Crippen molar-refractivity contribution in [1.82, 2.24) is 0 Å². The van der Waals surface area contributed by atoms with E-state index in [1.165, 1.54) is 27.6 Å². The van der Waals surface area contributed by atoms with E-state index in [4.69, 9.17) is 0 Å². The van der Waals surface area contributed by atoms with Crippen molar-refractivity contribution in [3.63, 3.8) is 0 Å². The first kappa shape index (κ1) is 20.3. The van der Waals surface area contributed by atoms with Gasteiger partial charge in [0.05, 0.1) is 11.4 Å². The molecule has 0 unspecified atom stereocenters. The summed E-state index contributed by atoms with van der Waals surface area (Å²) in [5.41, 5.74) is 2.63. The van der Waals surface area contributed by atoms with Gasteiger partial charge < -0.3 is 0 Å². The minimum Gasteiger partial charge on any atom is -0.295 e. The average Bonchev–Trinajstić information content (AvgIpc) is 3.00. The smallest absolute Gasteiger partial charge is 0.261 e. The highest BCUT2D eigenvalue weighted by Crippen LogP contribution is 2.25. The molecule has 146 valence electrons. The van der Waals surface area contributed by atoms with Crippen LogP contribution >= 0.6 is 11.8 Å². The average molecular weight is 398 g/mol. The lowest BCUT2D eigenvalue weighted by Crippen LogP contribution is -2.28. The fourth-order valence-electron chi connectivity index (χ4n) is 2.92. The molecule has 0 bridgehead atoms. The Morgan fingerprint density at radius 3 is 2.57 bits per heavy atom. The quantitative estimate of drug-likeness (QED) is 0.353. The number of nitrogens with zero attached hydrogens (tertiary/aromatic N) is 3. The molecule has 0 spiro atoms. The molecular formula is C22H24FN3OS. The van der Waals surface area contributed by atoms with Crippen molar-refractivity contribution < 1.29 is 9.18 Å². The largest absolute Gasteiger partial charge is 0.295 e. The van der Waals surface area contributed by atoms with Gasteiger partial charge in [0.15, 0.2) is 0 Å².